The molecule has 1 saturated heterocycles. The Hall–Kier alpha value is -1.39. The van der Waals surface area contributed by atoms with Gasteiger partial charge in [-0.3, -0.25) is 9.69 Å². The summed E-state index contributed by atoms with van der Waals surface area (Å²) < 4.78 is 0. The molecule has 0 unspecified atom stereocenters. The predicted octanol–water partition coefficient (Wildman–Crippen LogP) is 3.02. The van der Waals surface area contributed by atoms with Crippen molar-refractivity contribution in [3.63, 3.8) is 0 Å². The Balaban J connectivity index is 1.93. The smallest absolute Gasteiger partial charge is 0.224 e. The predicted molar refractivity (Wildman–Crippen MR) is 89.7 cm³/mol. The molecule has 4 nitrogen and oxygen atoms in total. The number of hydrogen-bond donors (Lipinski definition) is 2. The standard InChI is InChI=1S/C18H28N2O2/c1-14(2)7-8-18(22)19-17-6-4-3-5-15(17)13-20-11-9-16(21)10-12-20/h3-6,14,16,21H,7-13H2,1-2H3,(H,19,22). The highest BCUT2D eigenvalue weighted by molar-refractivity contribution is 5.91. The highest BCUT2D eigenvalue weighted by Gasteiger charge is 2.18. The molecule has 1 amide bonds. The number of likely N-dealkylation sites (tertiary alicyclic amines) is 1. The molecular weight excluding hydrogens is 276 g/mol. The van der Waals surface area contributed by atoms with Crippen LogP contribution < -0.4 is 5.32 Å². The molecule has 1 aromatic carbocycles. The molecule has 4 heteroatoms. The number of para-hydroxylation sites is 1. The van der Waals surface area contributed by atoms with Crippen molar-refractivity contribution >= 4 is 11.6 Å². The molecule has 1 heterocycles. The molecule has 0 radical (unpaired) electrons. The molecule has 0 bridgehead atoms. The van der Waals surface area contributed by atoms with Crippen LogP contribution in [-0.4, -0.2) is 35.1 Å². The zero-order valence-corrected chi connectivity index (χ0v) is 13.7. The number of rotatable bonds is 6. The summed E-state index contributed by atoms with van der Waals surface area (Å²) in [5, 5.41) is 12.6. The normalized spacial score (nSPS) is 16.9. The van der Waals surface area contributed by atoms with E-state index in [0.717, 1.165) is 50.1 Å². The van der Waals surface area contributed by atoms with Gasteiger partial charge in [-0.25, -0.2) is 0 Å². The Morgan fingerprint density at radius 2 is 2.00 bits per heavy atom. The lowest BCUT2D eigenvalue weighted by Crippen LogP contribution is -2.35. The van der Waals surface area contributed by atoms with Crippen LogP contribution in [0.3, 0.4) is 0 Å². The largest absolute Gasteiger partial charge is 0.393 e. The van der Waals surface area contributed by atoms with Gasteiger partial charge in [-0.1, -0.05) is 32.0 Å². The van der Waals surface area contributed by atoms with Crippen LogP contribution in [0.5, 0.6) is 0 Å². The fourth-order valence-electron chi connectivity index (χ4n) is 2.73. The van der Waals surface area contributed by atoms with Crippen molar-refractivity contribution in [3.05, 3.63) is 29.8 Å². The van der Waals surface area contributed by atoms with Crippen molar-refractivity contribution in [1.82, 2.24) is 4.90 Å². The minimum atomic E-state index is -0.151. The molecule has 0 aliphatic carbocycles. The summed E-state index contributed by atoms with van der Waals surface area (Å²) in [5.74, 6) is 0.635. The van der Waals surface area contributed by atoms with Crippen LogP contribution in [0.25, 0.3) is 0 Å². The number of aliphatic hydroxyl groups excluding tert-OH is 1. The van der Waals surface area contributed by atoms with Crippen LogP contribution in [0.4, 0.5) is 5.69 Å². The molecule has 0 saturated carbocycles. The van der Waals surface area contributed by atoms with Crippen molar-refractivity contribution in [2.75, 3.05) is 18.4 Å². The van der Waals surface area contributed by atoms with Gasteiger partial charge in [-0.2, -0.15) is 0 Å². The summed E-state index contributed by atoms with van der Waals surface area (Å²) in [6.07, 6.45) is 3.01. The molecule has 122 valence electrons. The molecule has 0 aromatic heterocycles. The number of carbonyl (C=O) groups is 1. The fraction of sp³-hybridized carbons (Fsp3) is 0.611. The van der Waals surface area contributed by atoms with Gasteiger partial charge in [0.25, 0.3) is 0 Å². The number of carbonyl (C=O) groups excluding carboxylic acids is 1. The third-order valence-electron chi connectivity index (χ3n) is 4.19. The average molecular weight is 304 g/mol. The molecule has 2 rings (SSSR count). The van der Waals surface area contributed by atoms with E-state index < -0.39 is 0 Å². The van der Waals surface area contributed by atoms with Crippen LogP contribution in [0.15, 0.2) is 24.3 Å². The SMILES string of the molecule is CC(C)CCC(=O)Nc1ccccc1CN1CCC(O)CC1. The zero-order valence-electron chi connectivity index (χ0n) is 13.7. The van der Waals surface area contributed by atoms with Crippen LogP contribution in [0, 0.1) is 5.92 Å². The van der Waals surface area contributed by atoms with Gasteiger partial charge in [0.2, 0.25) is 5.91 Å². The maximum absolute atomic E-state index is 12.0. The van der Waals surface area contributed by atoms with Crippen LogP contribution in [0.2, 0.25) is 0 Å². The minimum absolute atomic E-state index is 0.0928. The first-order valence-electron chi connectivity index (χ1n) is 8.32. The molecule has 1 aliphatic heterocycles. The summed E-state index contributed by atoms with van der Waals surface area (Å²) in [4.78, 5) is 14.4. The number of nitrogens with one attached hydrogen (secondary N) is 1. The zero-order chi connectivity index (χ0) is 15.9. The monoisotopic (exact) mass is 304 g/mol. The first kappa shape index (κ1) is 17.0. The third-order valence-corrected chi connectivity index (χ3v) is 4.19. The van der Waals surface area contributed by atoms with Crippen molar-refractivity contribution in [3.8, 4) is 0 Å². The van der Waals surface area contributed by atoms with E-state index in [2.05, 4.69) is 30.1 Å². The van der Waals surface area contributed by atoms with Gasteiger partial charge in [0.05, 0.1) is 6.10 Å². The molecule has 22 heavy (non-hydrogen) atoms. The Bertz CT molecular complexity index is 480. The Morgan fingerprint density at radius 1 is 1.32 bits per heavy atom. The van der Waals surface area contributed by atoms with Crippen molar-refractivity contribution in [1.29, 1.82) is 0 Å². The summed E-state index contributed by atoms with van der Waals surface area (Å²) in [5.41, 5.74) is 2.07. The number of anilines is 1. The lowest BCUT2D eigenvalue weighted by Gasteiger charge is -2.30. The number of nitrogens with zero attached hydrogens (tertiary/aromatic N) is 1. The lowest BCUT2D eigenvalue weighted by atomic mass is 10.1. The molecule has 1 aliphatic rings. The average Bonchev–Trinajstić information content (AvgIpc) is 2.49. The molecule has 0 atom stereocenters. The summed E-state index contributed by atoms with van der Waals surface area (Å²) in [6, 6.07) is 8.02. The Morgan fingerprint density at radius 3 is 2.68 bits per heavy atom. The van der Waals surface area contributed by atoms with Gasteiger partial charge in [0, 0.05) is 31.7 Å². The quantitative estimate of drug-likeness (QED) is 0.849. The highest BCUT2D eigenvalue weighted by Crippen LogP contribution is 2.20. The van der Waals surface area contributed by atoms with Gasteiger partial charge in [-0.15, -0.1) is 0 Å². The summed E-state index contributed by atoms with van der Waals surface area (Å²) >= 11 is 0. The third kappa shape index (κ3) is 5.43. The van der Waals surface area contributed by atoms with E-state index in [1.165, 1.54) is 0 Å². The van der Waals surface area contributed by atoms with E-state index in [1.807, 2.05) is 18.2 Å². The van der Waals surface area contributed by atoms with E-state index in [4.69, 9.17) is 0 Å². The lowest BCUT2D eigenvalue weighted by molar-refractivity contribution is -0.116. The molecule has 1 aromatic rings. The second kappa shape index (κ2) is 8.30. The van der Waals surface area contributed by atoms with Gasteiger partial charge in [0.15, 0.2) is 0 Å². The van der Waals surface area contributed by atoms with Crippen molar-refractivity contribution < 1.29 is 9.90 Å². The summed E-state index contributed by atoms with van der Waals surface area (Å²) in [7, 11) is 0. The minimum Gasteiger partial charge on any atom is -0.393 e. The van der Waals surface area contributed by atoms with Gasteiger partial charge in [-0.05, 0) is 36.8 Å². The van der Waals surface area contributed by atoms with Crippen molar-refractivity contribution in [2.45, 2.75) is 52.2 Å². The van der Waals surface area contributed by atoms with E-state index in [-0.39, 0.29) is 12.0 Å². The fourth-order valence-corrected chi connectivity index (χ4v) is 2.73. The second-order valence-electron chi connectivity index (χ2n) is 6.65. The maximum Gasteiger partial charge on any atom is 0.224 e. The van der Waals surface area contributed by atoms with Gasteiger partial charge < -0.3 is 10.4 Å². The number of amides is 1. The topological polar surface area (TPSA) is 52.6 Å². The molecule has 1 fully saturated rings. The molecular formula is C18H28N2O2. The Kier molecular flexibility index (Phi) is 6.40. The second-order valence-corrected chi connectivity index (χ2v) is 6.65. The van der Waals surface area contributed by atoms with Crippen LogP contribution in [0.1, 0.15) is 45.1 Å². The van der Waals surface area contributed by atoms with Crippen LogP contribution in [-0.2, 0) is 11.3 Å². The van der Waals surface area contributed by atoms with Gasteiger partial charge >= 0.3 is 0 Å². The Labute approximate surface area is 133 Å². The highest BCUT2D eigenvalue weighted by atomic mass is 16.3. The summed E-state index contributed by atoms with van der Waals surface area (Å²) in [6.45, 7) is 6.92. The number of benzene rings is 1. The number of piperidine rings is 1. The number of hydrogen-bond acceptors (Lipinski definition) is 3. The molecule has 2 N–H and O–H groups in total. The van der Waals surface area contributed by atoms with Gasteiger partial charge in [0.1, 0.15) is 0 Å². The van der Waals surface area contributed by atoms with Crippen molar-refractivity contribution in [2.24, 2.45) is 5.92 Å². The van der Waals surface area contributed by atoms with E-state index in [1.54, 1.807) is 0 Å². The van der Waals surface area contributed by atoms with E-state index in [9.17, 15) is 9.90 Å². The van der Waals surface area contributed by atoms with E-state index >= 15 is 0 Å². The number of aliphatic hydroxyl groups is 1. The van der Waals surface area contributed by atoms with E-state index in [0.29, 0.717) is 12.3 Å². The first-order chi connectivity index (χ1) is 10.5. The molecule has 0 spiro atoms. The maximum atomic E-state index is 12.0. The van der Waals surface area contributed by atoms with Crippen LogP contribution >= 0.6 is 0 Å². The first-order valence-corrected chi connectivity index (χ1v) is 8.32.